The summed E-state index contributed by atoms with van der Waals surface area (Å²) in [7, 11) is 0. The molecule has 0 fully saturated rings. The van der Waals surface area contributed by atoms with Crippen LogP contribution in [0.15, 0.2) is 0 Å². The van der Waals surface area contributed by atoms with Gasteiger partial charge in [-0.15, -0.1) is 0 Å². The Hall–Kier alpha value is -0.900. The van der Waals surface area contributed by atoms with Crippen LogP contribution in [0, 0.1) is 0 Å². The molecule has 0 unspecified atom stereocenters. The lowest BCUT2D eigenvalue weighted by atomic mass is 10.2. The van der Waals surface area contributed by atoms with E-state index in [0.29, 0.717) is 6.61 Å². The van der Waals surface area contributed by atoms with E-state index in [1.165, 1.54) is 0 Å². The Labute approximate surface area is 84.6 Å². The molecule has 0 aliphatic heterocycles. The van der Waals surface area contributed by atoms with Crippen LogP contribution in [0.2, 0.25) is 0 Å². The molecule has 4 nitrogen and oxygen atoms in total. The van der Waals surface area contributed by atoms with Crippen molar-refractivity contribution < 1.29 is 19.1 Å². The third kappa shape index (κ3) is 9.19. The van der Waals surface area contributed by atoms with Crippen LogP contribution in [0.1, 0.15) is 32.6 Å². The molecule has 0 aromatic heterocycles. The van der Waals surface area contributed by atoms with Crippen LogP contribution in [-0.4, -0.2) is 32.1 Å². The third-order valence-electron chi connectivity index (χ3n) is 1.73. The van der Waals surface area contributed by atoms with Crippen molar-refractivity contribution in [3.8, 4) is 0 Å². The number of hydrogen-bond acceptors (Lipinski definition) is 4. The summed E-state index contributed by atoms with van der Waals surface area (Å²) in [6.45, 7) is 3.87. The third-order valence-corrected chi connectivity index (χ3v) is 1.73. The number of hydrogen-bond donors (Lipinski definition) is 0. The van der Waals surface area contributed by atoms with Gasteiger partial charge in [0.2, 0.25) is 6.29 Å². The first-order valence-corrected chi connectivity index (χ1v) is 5.01. The first kappa shape index (κ1) is 13.1. The summed E-state index contributed by atoms with van der Waals surface area (Å²) in [6.07, 6.45) is 4.11. The van der Waals surface area contributed by atoms with Gasteiger partial charge >= 0.3 is 5.97 Å². The molecule has 0 radical (unpaired) electrons. The molecular weight excluding hydrogens is 184 g/mol. The van der Waals surface area contributed by atoms with Crippen LogP contribution >= 0.6 is 0 Å². The minimum atomic E-state index is -0.778. The zero-order chi connectivity index (χ0) is 10.6. The molecule has 0 bridgehead atoms. The van der Waals surface area contributed by atoms with Crippen LogP contribution in [0.25, 0.3) is 0 Å². The van der Waals surface area contributed by atoms with Crippen LogP contribution in [0.4, 0.5) is 0 Å². The van der Waals surface area contributed by atoms with E-state index >= 15 is 0 Å². The van der Waals surface area contributed by atoms with E-state index in [-0.39, 0.29) is 6.29 Å². The van der Waals surface area contributed by atoms with Crippen molar-refractivity contribution in [1.82, 2.24) is 0 Å². The number of carbonyl (C=O) groups excluding carboxylic acids is 2. The predicted molar refractivity (Wildman–Crippen MR) is 52.0 cm³/mol. The predicted octanol–water partition coefficient (Wildman–Crippen LogP) is 1.33. The lowest BCUT2D eigenvalue weighted by Gasteiger charge is -2.02. The van der Waals surface area contributed by atoms with Gasteiger partial charge in [-0.2, -0.15) is 0 Å². The van der Waals surface area contributed by atoms with E-state index in [0.717, 1.165) is 38.9 Å². The summed E-state index contributed by atoms with van der Waals surface area (Å²) in [5.74, 6) is -0.778. The molecule has 0 atom stereocenters. The van der Waals surface area contributed by atoms with Crippen molar-refractivity contribution in [3.05, 3.63) is 0 Å². The molecule has 0 saturated heterocycles. The fourth-order valence-electron chi connectivity index (χ4n) is 1.01. The van der Waals surface area contributed by atoms with E-state index in [9.17, 15) is 9.59 Å². The van der Waals surface area contributed by atoms with E-state index < -0.39 is 5.97 Å². The number of esters is 1. The van der Waals surface area contributed by atoms with E-state index in [2.05, 4.69) is 4.74 Å². The monoisotopic (exact) mass is 202 g/mol. The first-order chi connectivity index (χ1) is 6.81. The molecule has 0 heterocycles. The maximum absolute atomic E-state index is 10.4. The topological polar surface area (TPSA) is 52.6 Å². The largest absolute Gasteiger partial charge is 0.460 e. The Morgan fingerprint density at radius 1 is 1.14 bits per heavy atom. The SMILES string of the molecule is CCOCCCCCCOC(=O)C=O. The molecule has 0 aliphatic carbocycles. The number of ether oxygens (including phenoxy) is 2. The minimum absolute atomic E-state index is 0.190. The lowest BCUT2D eigenvalue weighted by Crippen LogP contribution is -2.06. The summed E-state index contributed by atoms with van der Waals surface area (Å²) < 4.78 is 9.74. The highest BCUT2D eigenvalue weighted by atomic mass is 16.5. The summed E-state index contributed by atoms with van der Waals surface area (Å²) in [5.41, 5.74) is 0. The van der Waals surface area contributed by atoms with Crippen LogP contribution in [0.3, 0.4) is 0 Å². The molecule has 0 spiro atoms. The summed E-state index contributed by atoms with van der Waals surface area (Å²) in [6, 6.07) is 0. The summed E-state index contributed by atoms with van der Waals surface area (Å²) in [5, 5.41) is 0. The van der Waals surface area contributed by atoms with Crippen molar-refractivity contribution in [1.29, 1.82) is 0 Å². The highest BCUT2D eigenvalue weighted by molar-refractivity contribution is 6.20. The van der Waals surface area contributed by atoms with E-state index in [1.54, 1.807) is 0 Å². The Balaban J connectivity index is 2.99. The Morgan fingerprint density at radius 2 is 1.79 bits per heavy atom. The molecule has 0 rings (SSSR count). The van der Waals surface area contributed by atoms with E-state index in [4.69, 9.17) is 4.74 Å². The number of carbonyl (C=O) groups is 2. The maximum atomic E-state index is 10.4. The normalized spacial score (nSPS) is 9.79. The van der Waals surface area contributed by atoms with Gasteiger partial charge in [0, 0.05) is 13.2 Å². The fourth-order valence-corrected chi connectivity index (χ4v) is 1.01. The minimum Gasteiger partial charge on any atom is -0.460 e. The van der Waals surface area contributed by atoms with Gasteiger partial charge < -0.3 is 9.47 Å². The van der Waals surface area contributed by atoms with Gasteiger partial charge in [0.05, 0.1) is 6.61 Å². The maximum Gasteiger partial charge on any atom is 0.371 e. The average molecular weight is 202 g/mol. The Morgan fingerprint density at radius 3 is 2.36 bits per heavy atom. The molecule has 14 heavy (non-hydrogen) atoms. The van der Waals surface area contributed by atoms with Crippen LogP contribution < -0.4 is 0 Å². The highest BCUT2D eigenvalue weighted by Crippen LogP contribution is 2.00. The smallest absolute Gasteiger partial charge is 0.371 e. The second-order valence-electron chi connectivity index (χ2n) is 2.90. The van der Waals surface area contributed by atoms with Gasteiger partial charge in [-0.1, -0.05) is 6.42 Å². The standard InChI is InChI=1S/C10H18O4/c1-2-13-7-5-3-4-6-8-14-10(12)9-11/h9H,2-8H2,1H3. The molecule has 0 aliphatic rings. The second-order valence-corrected chi connectivity index (χ2v) is 2.90. The van der Waals surface area contributed by atoms with Crippen LogP contribution in [0.5, 0.6) is 0 Å². The number of aldehydes is 1. The van der Waals surface area contributed by atoms with Gasteiger partial charge in [-0.25, -0.2) is 4.79 Å². The zero-order valence-corrected chi connectivity index (χ0v) is 8.66. The molecule has 82 valence electrons. The van der Waals surface area contributed by atoms with Gasteiger partial charge in [0.25, 0.3) is 0 Å². The molecule has 0 saturated carbocycles. The average Bonchev–Trinajstić information content (AvgIpc) is 2.21. The van der Waals surface area contributed by atoms with Crippen molar-refractivity contribution >= 4 is 12.3 Å². The quantitative estimate of drug-likeness (QED) is 0.245. The van der Waals surface area contributed by atoms with Gasteiger partial charge in [0.1, 0.15) is 0 Å². The van der Waals surface area contributed by atoms with Gasteiger partial charge in [-0.05, 0) is 26.2 Å². The van der Waals surface area contributed by atoms with Crippen molar-refractivity contribution in [2.75, 3.05) is 19.8 Å². The molecule has 0 aromatic rings. The van der Waals surface area contributed by atoms with Crippen molar-refractivity contribution in [2.45, 2.75) is 32.6 Å². The Kier molecular flexibility index (Phi) is 9.53. The summed E-state index contributed by atoms with van der Waals surface area (Å²) >= 11 is 0. The molecule has 0 amide bonds. The highest BCUT2D eigenvalue weighted by Gasteiger charge is 1.97. The molecule has 0 N–H and O–H groups in total. The first-order valence-electron chi connectivity index (χ1n) is 5.01. The number of unbranched alkanes of at least 4 members (excludes halogenated alkanes) is 3. The van der Waals surface area contributed by atoms with Crippen LogP contribution in [-0.2, 0) is 19.1 Å². The van der Waals surface area contributed by atoms with Gasteiger partial charge in [-0.3, -0.25) is 4.79 Å². The van der Waals surface area contributed by atoms with Crippen molar-refractivity contribution in [2.24, 2.45) is 0 Å². The van der Waals surface area contributed by atoms with Gasteiger partial charge in [0.15, 0.2) is 0 Å². The second kappa shape index (κ2) is 10.2. The Bertz CT molecular complexity index is 156. The zero-order valence-electron chi connectivity index (χ0n) is 8.66. The molecule has 4 heteroatoms. The fraction of sp³-hybridized carbons (Fsp3) is 0.800. The van der Waals surface area contributed by atoms with E-state index in [1.807, 2.05) is 6.92 Å². The van der Waals surface area contributed by atoms with Crippen molar-refractivity contribution in [3.63, 3.8) is 0 Å². The lowest BCUT2D eigenvalue weighted by molar-refractivity contribution is -0.148. The number of rotatable bonds is 9. The summed E-state index contributed by atoms with van der Waals surface area (Å²) in [4.78, 5) is 20.2. The molecule has 0 aromatic carbocycles. The molecular formula is C10H18O4.